The van der Waals surface area contributed by atoms with Crippen molar-refractivity contribution < 1.29 is 0 Å². The molecule has 1 N–H and O–H groups in total. The third-order valence-corrected chi connectivity index (χ3v) is 2.31. The first-order valence-corrected chi connectivity index (χ1v) is 5.30. The summed E-state index contributed by atoms with van der Waals surface area (Å²) in [6.07, 6.45) is 4.76. The number of hydrogen-bond acceptors (Lipinski definition) is 4. The molecule has 0 saturated carbocycles. The van der Waals surface area contributed by atoms with Crippen molar-refractivity contribution in [3.05, 3.63) is 17.8 Å². The molecule has 0 aliphatic rings. The van der Waals surface area contributed by atoms with Crippen LogP contribution in [0.15, 0.2) is 12.3 Å². The summed E-state index contributed by atoms with van der Waals surface area (Å²) in [5.41, 5.74) is 0.555. The monoisotopic (exact) mass is 204 g/mol. The van der Waals surface area contributed by atoms with Gasteiger partial charge in [0.1, 0.15) is 6.07 Å². The fourth-order valence-electron chi connectivity index (χ4n) is 1.45. The molecule has 1 rings (SSSR count). The van der Waals surface area contributed by atoms with E-state index in [9.17, 15) is 0 Å². The number of rotatable bonds is 5. The minimum Gasteiger partial charge on any atom is -0.365 e. The third-order valence-electron chi connectivity index (χ3n) is 2.31. The van der Waals surface area contributed by atoms with E-state index in [0.29, 0.717) is 17.4 Å². The molecule has 0 fully saturated rings. The summed E-state index contributed by atoms with van der Waals surface area (Å²) < 4.78 is 0. The Bertz CT molecular complexity index is 343. The van der Waals surface area contributed by atoms with E-state index >= 15 is 0 Å². The zero-order valence-electron chi connectivity index (χ0n) is 9.20. The van der Waals surface area contributed by atoms with Crippen LogP contribution in [0.1, 0.15) is 38.7 Å². The molecule has 1 atom stereocenters. The summed E-state index contributed by atoms with van der Waals surface area (Å²) in [7, 11) is 0. The van der Waals surface area contributed by atoms with Crippen LogP contribution in [0.3, 0.4) is 0 Å². The number of aromatic nitrogens is 2. The molecule has 0 saturated heterocycles. The maximum Gasteiger partial charge on any atom is 0.166 e. The van der Waals surface area contributed by atoms with Crippen LogP contribution in [0.5, 0.6) is 0 Å². The van der Waals surface area contributed by atoms with Crippen LogP contribution in [0.25, 0.3) is 0 Å². The van der Waals surface area contributed by atoms with E-state index in [-0.39, 0.29) is 0 Å². The molecule has 15 heavy (non-hydrogen) atoms. The molecule has 1 unspecified atom stereocenters. The van der Waals surface area contributed by atoms with Crippen LogP contribution < -0.4 is 5.32 Å². The second kappa shape index (κ2) is 5.97. The van der Waals surface area contributed by atoms with Crippen LogP contribution in [-0.2, 0) is 0 Å². The predicted octanol–water partition coefficient (Wildman–Crippen LogP) is 2.34. The highest BCUT2D eigenvalue weighted by Gasteiger charge is 2.09. The van der Waals surface area contributed by atoms with E-state index < -0.39 is 0 Å². The summed E-state index contributed by atoms with van der Waals surface area (Å²) >= 11 is 0. The lowest BCUT2D eigenvalue weighted by molar-refractivity contribution is 0.619. The Morgan fingerprint density at radius 2 is 2.33 bits per heavy atom. The highest BCUT2D eigenvalue weighted by molar-refractivity contribution is 5.50. The lowest BCUT2D eigenvalue weighted by Gasteiger charge is -2.16. The van der Waals surface area contributed by atoms with E-state index in [1.807, 2.05) is 0 Å². The second-order valence-electron chi connectivity index (χ2n) is 3.44. The van der Waals surface area contributed by atoms with Gasteiger partial charge in [-0.25, -0.2) is 0 Å². The molecule has 1 heterocycles. The lowest BCUT2D eigenvalue weighted by Crippen LogP contribution is -2.19. The van der Waals surface area contributed by atoms with Crippen molar-refractivity contribution in [2.45, 2.75) is 39.2 Å². The molecule has 0 radical (unpaired) electrons. The largest absolute Gasteiger partial charge is 0.365 e. The summed E-state index contributed by atoms with van der Waals surface area (Å²) in [6, 6.07) is 4.15. The molecule has 4 nitrogen and oxygen atoms in total. The first-order chi connectivity index (χ1) is 7.31. The zero-order chi connectivity index (χ0) is 11.1. The third kappa shape index (κ3) is 3.21. The lowest BCUT2D eigenvalue weighted by atomic mass is 10.1. The average molecular weight is 204 g/mol. The molecule has 0 amide bonds. The number of anilines is 1. The molecular weight excluding hydrogens is 188 g/mol. The van der Waals surface area contributed by atoms with Crippen LogP contribution in [0.2, 0.25) is 0 Å². The predicted molar refractivity (Wildman–Crippen MR) is 59.4 cm³/mol. The molecule has 1 aromatic rings. The normalized spacial score (nSPS) is 11.8. The van der Waals surface area contributed by atoms with Gasteiger partial charge in [0.25, 0.3) is 0 Å². The van der Waals surface area contributed by atoms with Crippen molar-refractivity contribution in [3.8, 4) is 6.07 Å². The van der Waals surface area contributed by atoms with Gasteiger partial charge in [-0.3, -0.25) is 0 Å². The first-order valence-electron chi connectivity index (χ1n) is 5.30. The van der Waals surface area contributed by atoms with E-state index in [4.69, 9.17) is 5.26 Å². The van der Waals surface area contributed by atoms with Crippen molar-refractivity contribution >= 4 is 5.82 Å². The van der Waals surface area contributed by atoms with Crippen molar-refractivity contribution in [1.29, 1.82) is 5.26 Å². The van der Waals surface area contributed by atoms with Crippen LogP contribution in [0.4, 0.5) is 5.82 Å². The SMILES string of the molecule is CCCC(CC)Nc1nnccc1C#N. The maximum absolute atomic E-state index is 8.88. The van der Waals surface area contributed by atoms with Crippen LogP contribution in [-0.4, -0.2) is 16.2 Å². The number of nitrogens with zero attached hydrogens (tertiary/aromatic N) is 3. The smallest absolute Gasteiger partial charge is 0.166 e. The molecule has 1 aromatic heterocycles. The molecule has 0 bridgehead atoms. The highest BCUT2D eigenvalue weighted by atomic mass is 15.2. The molecular formula is C11H16N4. The van der Waals surface area contributed by atoms with E-state index in [1.165, 1.54) is 6.20 Å². The summed E-state index contributed by atoms with van der Waals surface area (Å²) in [6.45, 7) is 4.27. The Labute approximate surface area is 90.3 Å². The Morgan fingerprint density at radius 1 is 1.53 bits per heavy atom. The molecule has 0 aliphatic heterocycles. The minimum absolute atomic E-state index is 0.374. The van der Waals surface area contributed by atoms with Gasteiger partial charge >= 0.3 is 0 Å². The quantitative estimate of drug-likeness (QED) is 0.799. The van der Waals surface area contributed by atoms with Gasteiger partial charge in [-0.1, -0.05) is 20.3 Å². The number of hydrogen-bond donors (Lipinski definition) is 1. The van der Waals surface area contributed by atoms with Gasteiger partial charge < -0.3 is 5.32 Å². The van der Waals surface area contributed by atoms with Gasteiger partial charge in [0, 0.05) is 6.04 Å². The van der Waals surface area contributed by atoms with Crippen molar-refractivity contribution in [2.24, 2.45) is 0 Å². The van der Waals surface area contributed by atoms with E-state index in [0.717, 1.165) is 19.3 Å². The Hall–Kier alpha value is -1.63. The highest BCUT2D eigenvalue weighted by Crippen LogP contribution is 2.13. The van der Waals surface area contributed by atoms with Gasteiger partial charge in [-0.05, 0) is 18.9 Å². The molecule has 4 heteroatoms. The van der Waals surface area contributed by atoms with Crippen molar-refractivity contribution in [3.63, 3.8) is 0 Å². The van der Waals surface area contributed by atoms with Gasteiger partial charge in [-0.15, -0.1) is 5.10 Å². The maximum atomic E-state index is 8.88. The summed E-state index contributed by atoms with van der Waals surface area (Å²) in [4.78, 5) is 0. The zero-order valence-corrected chi connectivity index (χ0v) is 9.20. The average Bonchev–Trinajstić information content (AvgIpc) is 2.29. The Balaban J connectivity index is 2.74. The van der Waals surface area contributed by atoms with Crippen LogP contribution >= 0.6 is 0 Å². The fourth-order valence-corrected chi connectivity index (χ4v) is 1.45. The molecule has 80 valence electrons. The summed E-state index contributed by atoms with van der Waals surface area (Å²) in [5, 5.41) is 19.8. The van der Waals surface area contributed by atoms with E-state index in [1.54, 1.807) is 6.07 Å². The van der Waals surface area contributed by atoms with Gasteiger partial charge in [0.15, 0.2) is 5.82 Å². The van der Waals surface area contributed by atoms with Gasteiger partial charge in [-0.2, -0.15) is 10.4 Å². The van der Waals surface area contributed by atoms with Crippen molar-refractivity contribution in [2.75, 3.05) is 5.32 Å². The molecule has 0 spiro atoms. The minimum atomic E-state index is 0.374. The Kier molecular flexibility index (Phi) is 4.55. The number of nitrogens with one attached hydrogen (secondary N) is 1. The topological polar surface area (TPSA) is 61.6 Å². The second-order valence-corrected chi connectivity index (χ2v) is 3.44. The molecule has 0 aromatic carbocycles. The summed E-state index contributed by atoms with van der Waals surface area (Å²) in [5.74, 6) is 0.598. The first kappa shape index (κ1) is 11.4. The number of nitriles is 1. The van der Waals surface area contributed by atoms with Gasteiger partial charge in [0.2, 0.25) is 0 Å². The fraction of sp³-hybridized carbons (Fsp3) is 0.545. The van der Waals surface area contributed by atoms with Crippen molar-refractivity contribution in [1.82, 2.24) is 10.2 Å². The van der Waals surface area contributed by atoms with Gasteiger partial charge in [0.05, 0.1) is 11.8 Å². The van der Waals surface area contributed by atoms with E-state index in [2.05, 4.69) is 35.4 Å². The van der Waals surface area contributed by atoms with Crippen LogP contribution in [0, 0.1) is 11.3 Å². The standard InChI is InChI=1S/C11H16N4/c1-3-5-10(4-2)14-11-9(8-12)6-7-13-15-11/h6-7,10H,3-5H2,1-2H3,(H,14,15). The molecule has 0 aliphatic carbocycles. The Morgan fingerprint density at radius 3 is 2.93 bits per heavy atom.